The molecular formula is C40H37ClF6N10O5S. The van der Waals surface area contributed by atoms with Gasteiger partial charge in [-0.2, -0.15) is 19.0 Å². The summed E-state index contributed by atoms with van der Waals surface area (Å²) in [4.78, 5) is 36.1. The van der Waals surface area contributed by atoms with Crippen LogP contribution in [0, 0.1) is 17.6 Å². The Balaban J connectivity index is 1.24. The summed E-state index contributed by atoms with van der Waals surface area (Å²) >= 11 is 6.64. The van der Waals surface area contributed by atoms with Crippen molar-refractivity contribution in [1.29, 1.82) is 0 Å². The molecule has 2 fully saturated rings. The van der Waals surface area contributed by atoms with Crippen LogP contribution in [0.25, 0.3) is 27.5 Å². The maximum atomic E-state index is 15.5. The molecule has 1 aliphatic heterocycles. The number of morpholine rings is 1. The quantitative estimate of drug-likeness (QED) is 0.140. The fraction of sp³-hybridized carbons (Fsp3) is 0.375. The minimum atomic E-state index is -3.91. The third-order valence-corrected chi connectivity index (χ3v) is 12.3. The van der Waals surface area contributed by atoms with Crippen LogP contribution in [-0.2, 0) is 45.5 Å². The van der Waals surface area contributed by atoms with Crippen LogP contribution in [0.3, 0.4) is 0 Å². The van der Waals surface area contributed by atoms with Gasteiger partial charge in [-0.15, -0.1) is 0 Å². The first kappa shape index (κ1) is 42.6. The maximum absolute atomic E-state index is 15.5. The zero-order valence-electron chi connectivity index (χ0n) is 33.4. The van der Waals surface area contributed by atoms with Crippen LogP contribution in [0.5, 0.6) is 0 Å². The Morgan fingerprint density at radius 1 is 1.08 bits per heavy atom. The van der Waals surface area contributed by atoms with Crippen molar-refractivity contribution in [3.63, 3.8) is 0 Å². The highest BCUT2D eigenvalue weighted by molar-refractivity contribution is 7.92. The standard InChI is InChI=1S/C40H37ClF6N10O5S/c1-17-14-55(15-29(48)62-17)21-4-5-22-26(12-21)50-38(57(39(22)59)28-7-6-25(41)32-34(28)54(2)52-37(32)53-63(3,60)61)27(10-18-8-19(42)11-20(43)9-18)49-30(58)16-56-35-31(33(51-56)36(44)45)23-13-24(23)40(35,46)47/h4-9,11-12,17,23-24,27,29,36H,10,13-16,48H2,1-3H3,(H,49,58)(H,52,53)/t17-,23-,24+,27-,29-/m0/s1. The van der Waals surface area contributed by atoms with E-state index in [1.54, 1.807) is 12.1 Å². The van der Waals surface area contributed by atoms with Crippen molar-refractivity contribution in [2.24, 2.45) is 18.7 Å². The van der Waals surface area contributed by atoms with Crippen LogP contribution in [0.2, 0.25) is 5.02 Å². The van der Waals surface area contributed by atoms with Gasteiger partial charge >= 0.3 is 0 Å². The molecule has 23 heteroatoms. The number of carbonyl (C=O) groups is 1. The Hall–Kier alpha value is -5.71. The molecule has 4 N–H and O–H groups in total. The van der Waals surface area contributed by atoms with Crippen molar-refractivity contribution in [3.05, 3.63) is 104 Å². The number of amides is 1. The van der Waals surface area contributed by atoms with Crippen molar-refractivity contribution >= 4 is 60.8 Å². The lowest BCUT2D eigenvalue weighted by molar-refractivity contribution is -0.123. The number of rotatable bonds is 11. The lowest BCUT2D eigenvalue weighted by Crippen LogP contribution is -2.50. The minimum Gasteiger partial charge on any atom is -0.365 e. The highest BCUT2D eigenvalue weighted by Gasteiger charge is 2.67. The van der Waals surface area contributed by atoms with Gasteiger partial charge in [0.05, 0.1) is 57.5 Å². The van der Waals surface area contributed by atoms with Crippen LogP contribution >= 0.6 is 11.6 Å². The van der Waals surface area contributed by atoms with E-state index in [4.69, 9.17) is 27.1 Å². The van der Waals surface area contributed by atoms with Gasteiger partial charge in [-0.3, -0.25) is 28.2 Å². The van der Waals surface area contributed by atoms with Crippen molar-refractivity contribution < 1.29 is 44.3 Å². The van der Waals surface area contributed by atoms with E-state index in [2.05, 4.69) is 20.2 Å². The Bertz CT molecular complexity index is 3020. The summed E-state index contributed by atoms with van der Waals surface area (Å²) in [7, 11) is -2.46. The van der Waals surface area contributed by atoms with Crippen molar-refractivity contribution in [1.82, 2.24) is 34.4 Å². The van der Waals surface area contributed by atoms with E-state index in [0.29, 0.717) is 23.0 Å². The van der Waals surface area contributed by atoms with Crippen LogP contribution in [0.4, 0.5) is 37.8 Å². The number of hydrogen-bond acceptors (Lipinski definition) is 10. The maximum Gasteiger partial charge on any atom is 0.293 e. The van der Waals surface area contributed by atoms with Crippen molar-refractivity contribution in [2.75, 3.05) is 29.0 Å². The Morgan fingerprint density at radius 3 is 2.49 bits per heavy atom. The molecule has 3 aromatic carbocycles. The summed E-state index contributed by atoms with van der Waals surface area (Å²) in [6.07, 6.45) is -3.68. The van der Waals surface area contributed by atoms with Crippen LogP contribution in [0.15, 0.2) is 53.3 Å². The van der Waals surface area contributed by atoms with E-state index >= 15 is 13.6 Å². The number of aryl methyl sites for hydroxylation is 1. The summed E-state index contributed by atoms with van der Waals surface area (Å²) in [5.74, 6) is -9.02. The van der Waals surface area contributed by atoms with Gasteiger partial charge < -0.3 is 20.7 Å². The number of nitrogens with two attached hydrogens (primary N) is 1. The molecule has 15 nitrogen and oxygen atoms in total. The number of anilines is 2. The Kier molecular flexibility index (Phi) is 10.3. The molecule has 1 saturated carbocycles. The topological polar surface area (TPSA) is 184 Å². The van der Waals surface area contributed by atoms with Gasteiger partial charge in [0.1, 0.15) is 41.6 Å². The monoisotopic (exact) mass is 918 g/mol. The molecule has 0 radical (unpaired) electrons. The first-order valence-corrected chi connectivity index (χ1v) is 21.8. The van der Waals surface area contributed by atoms with Crippen molar-refractivity contribution in [2.45, 2.75) is 62.9 Å². The molecule has 2 aliphatic carbocycles. The molecule has 3 aliphatic rings. The highest BCUT2D eigenvalue weighted by Crippen LogP contribution is 2.68. The molecule has 1 amide bonds. The molecule has 4 heterocycles. The summed E-state index contributed by atoms with van der Waals surface area (Å²) < 4.78 is 125. The van der Waals surface area contributed by atoms with Gasteiger partial charge in [0.15, 0.2) is 5.82 Å². The molecule has 0 unspecified atom stereocenters. The number of sulfonamides is 1. The van der Waals surface area contributed by atoms with E-state index in [0.717, 1.165) is 23.0 Å². The third-order valence-electron chi connectivity index (χ3n) is 11.4. The summed E-state index contributed by atoms with van der Waals surface area (Å²) in [5.41, 5.74) is 4.28. The first-order valence-electron chi connectivity index (χ1n) is 19.6. The van der Waals surface area contributed by atoms with Gasteiger partial charge in [-0.05, 0) is 67.3 Å². The zero-order chi connectivity index (χ0) is 45.0. The number of hydrogen-bond donors (Lipinski definition) is 3. The number of alkyl halides is 4. The molecule has 5 atom stereocenters. The number of fused-ring (bicyclic) bond motifs is 5. The molecule has 0 spiro atoms. The average Bonchev–Trinajstić information content (AvgIpc) is 3.72. The number of halogens is 7. The SMILES string of the molecule is C[C@H]1CN(c2ccc3c(=O)n(-c4ccc(Cl)c5c(NS(C)(=O)=O)nn(C)c45)c([C@H](Cc4cc(F)cc(F)c4)NC(=O)Cn4nc(C(F)F)c5c4C(F)(F)[C@@H]4C[C@H]54)nc3c2)C[C@@H](N)O1. The fourth-order valence-electron chi connectivity index (χ4n) is 8.96. The smallest absolute Gasteiger partial charge is 0.293 e. The average molecular weight is 919 g/mol. The molecule has 3 aromatic heterocycles. The summed E-state index contributed by atoms with van der Waals surface area (Å²) in [6.45, 7) is 1.55. The number of carbonyl (C=O) groups excluding carboxylic acids is 1. The van der Waals surface area contributed by atoms with Crippen LogP contribution in [-0.4, -0.2) is 75.1 Å². The van der Waals surface area contributed by atoms with E-state index in [9.17, 15) is 30.8 Å². The van der Waals surface area contributed by atoms with Crippen LogP contribution < -0.4 is 26.2 Å². The van der Waals surface area contributed by atoms with E-state index in [-0.39, 0.29) is 74.4 Å². The molecule has 63 heavy (non-hydrogen) atoms. The number of nitrogens with zero attached hydrogens (tertiary/aromatic N) is 7. The van der Waals surface area contributed by atoms with E-state index < -0.39 is 93.9 Å². The van der Waals surface area contributed by atoms with Crippen LogP contribution in [0.1, 0.15) is 60.1 Å². The fourth-order valence-corrected chi connectivity index (χ4v) is 9.70. The normalized spacial score (nSPS) is 20.9. The Morgan fingerprint density at radius 2 is 1.81 bits per heavy atom. The van der Waals surface area contributed by atoms with E-state index in [1.165, 1.54) is 29.9 Å². The molecular weight excluding hydrogens is 882 g/mol. The lowest BCUT2D eigenvalue weighted by atomic mass is 10.0. The third kappa shape index (κ3) is 7.65. The van der Waals surface area contributed by atoms with Gasteiger partial charge in [0.25, 0.3) is 17.9 Å². The number of ether oxygens (including phenoxy) is 1. The minimum absolute atomic E-state index is 0.00539. The highest BCUT2D eigenvalue weighted by atomic mass is 35.5. The zero-order valence-corrected chi connectivity index (χ0v) is 35.0. The summed E-state index contributed by atoms with van der Waals surface area (Å²) in [6, 6.07) is 8.69. The number of benzene rings is 3. The summed E-state index contributed by atoms with van der Waals surface area (Å²) in [5, 5.41) is 10.9. The van der Waals surface area contributed by atoms with Gasteiger partial charge in [-0.1, -0.05) is 11.6 Å². The molecule has 0 bridgehead atoms. The van der Waals surface area contributed by atoms with Gasteiger partial charge in [-0.25, -0.2) is 31.0 Å². The van der Waals surface area contributed by atoms with Gasteiger partial charge in [0.2, 0.25) is 15.9 Å². The van der Waals surface area contributed by atoms with Crippen molar-refractivity contribution in [3.8, 4) is 5.69 Å². The molecule has 1 saturated heterocycles. The second kappa shape index (κ2) is 15.2. The molecule has 9 rings (SSSR count). The molecule has 332 valence electrons. The first-order chi connectivity index (χ1) is 29.7. The second-order valence-electron chi connectivity index (χ2n) is 16.1. The predicted molar refractivity (Wildman–Crippen MR) is 219 cm³/mol. The molecule has 6 aromatic rings. The number of nitrogens with one attached hydrogen (secondary N) is 2. The lowest BCUT2D eigenvalue weighted by Gasteiger charge is -2.36. The van der Waals surface area contributed by atoms with E-state index in [1.807, 2.05) is 11.8 Å². The predicted octanol–water partition coefficient (Wildman–Crippen LogP) is 5.53. The second-order valence-corrected chi connectivity index (χ2v) is 18.3. The van der Waals surface area contributed by atoms with Gasteiger partial charge in [0, 0.05) is 43.2 Å². The Labute approximate surface area is 358 Å². The number of aromatic nitrogens is 6. The largest absolute Gasteiger partial charge is 0.365 e.